The topological polar surface area (TPSA) is 32.3 Å². The van der Waals surface area contributed by atoms with Crippen molar-refractivity contribution >= 4 is 5.91 Å². The van der Waals surface area contributed by atoms with Gasteiger partial charge in [0, 0.05) is 12.2 Å². The number of amides is 1. The molecule has 0 bridgehead atoms. The van der Waals surface area contributed by atoms with E-state index in [-0.39, 0.29) is 11.9 Å². The molecule has 1 amide bonds. The van der Waals surface area contributed by atoms with Crippen LogP contribution in [0.1, 0.15) is 74.7 Å². The first-order chi connectivity index (χ1) is 9.68. The fourth-order valence-corrected chi connectivity index (χ4v) is 2.28. The van der Waals surface area contributed by atoms with Crippen LogP contribution in [-0.4, -0.2) is 29.9 Å². The highest BCUT2D eigenvalue weighted by Gasteiger charge is 2.30. The average Bonchev–Trinajstić information content (AvgIpc) is 2.63. The lowest BCUT2D eigenvalue weighted by Gasteiger charge is -2.32. The third-order valence-corrected chi connectivity index (χ3v) is 3.31. The van der Waals surface area contributed by atoms with Gasteiger partial charge in [0.05, 0.1) is 6.04 Å². The lowest BCUT2D eigenvalue weighted by Crippen LogP contribution is -2.47. The second-order valence-corrected chi connectivity index (χ2v) is 4.38. The quantitative estimate of drug-likeness (QED) is 0.717. The molecule has 1 atom stereocenters. The maximum Gasteiger partial charge on any atom is 0.241 e. The molecule has 1 unspecified atom stereocenters. The Bertz CT molecular complexity index is 285. The van der Waals surface area contributed by atoms with Crippen molar-refractivity contribution in [2.75, 3.05) is 13.1 Å². The molecule has 120 valence electrons. The Labute approximate surface area is 126 Å². The summed E-state index contributed by atoms with van der Waals surface area (Å²) in [5.41, 5.74) is 2.34. The van der Waals surface area contributed by atoms with E-state index in [4.69, 9.17) is 0 Å². The van der Waals surface area contributed by atoms with E-state index in [2.05, 4.69) is 17.1 Å². The molecule has 0 aromatic heterocycles. The molecule has 2 heterocycles. The van der Waals surface area contributed by atoms with Gasteiger partial charge >= 0.3 is 0 Å². The number of rotatable bonds is 0. The molecule has 0 aliphatic carbocycles. The van der Waals surface area contributed by atoms with Gasteiger partial charge in [-0.3, -0.25) is 9.69 Å². The van der Waals surface area contributed by atoms with Crippen LogP contribution in [0.5, 0.6) is 0 Å². The Hall–Kier alpha value is -0.830. The maximum atomic E-state index is 11.8. The van der Waals surface area contributed by atoms with Gasteiger partial charge in [-0.1, -0.05) is 48.0 Å². The van der Waals surface area contributed by atoms with Crippen LogP contribution in [0.2, 0.25) is 0 Å². The first kappa shape index (κ1) is 21.5. The van der Waals surface area contributed by atoms with Crippen molar-refractivity contribution in [2.45, 2.75) is 80.7 Å². The number of piperidine rings is 1. The monoisotopic (exact) mass is 284 g/mol. The van der Waals surface area contributed by atoms with Crippen LogP contribution in [0, 0.1) is 0 Å². The number of carbonyl (C=O) groups excluding carboxylic acids is 1. The molecule has 0 saturated carbocycles. The van der Waals surface area contributed by atoms with Crippen molar-refractivity contribution in [2.24, 2.45) is 0 Å². The molecule has 1 N–H and O–H groups in total. The lowest BCUT2D eigenvalue weighted by molar-refractivity contribution is -0.126. The maximum absolute atomic E-state index is 11.8. The number of nitrogens with one attached hydrogen (secondary N) is 1. The zero-order valence-electron chi connectivity index (χ0n) is 15.0. The Balaban J connectivity index is 0. The fourth-order valence-electron chi connectivity index (χ4n) is 2.28. The van der Waals surface area contributed by atoms with E-state index < -0.39 is 0 Å². The second-order valence-electron chi connectivity index (χ2n) is 4.38. The minimum atomic E-state index is 0.121. The lowest BCUT2D eigenvalue weighted by atomic mass is 10.0. The number of hydrogen-bond acceptors (Lipinski definition) is 2. The molecule has 0 aromatic rings. The molecule has 0 spiro atoms. The standard InChI is InChI=1S/C11H18N2O.3C2H6/c1-8-7-13-6-4-3-5-10(13)11(14)12-9(8)2;3*1-2/h10H,3-7H2,1-2H3,(H,12,14);3*1-2H3. The van der Waals surface area contributed by atoms with Gasteiger partial charge in [-0.05, 0) is 38.8 Å². The Morgan fingerprint density at radius 3 is 2.10 bits per heavy atom. The second kappa shape index (κ2) is 13.2. The van der Waals surface area contributed by atoms with Gasteiger partial charge in [0.1, 0.15) is 0 Å². The summed E-state index contributed by atoms with van der Waals surface area (Å²) in [6.07, 6.45) is 3.44. The summed E-state index contributed by atoms with van der Waals surface area (Å²) in [4.78, 5) is 14.1. The average molecular weight is 284 g/mol. The highest BCUT2D eigenvalue weighted by molar-refractivity contribution is 5.84. The summed E-state index contributed by atoms with van der Waals surface area (Å²) in [6.45, 7) is 18.1. The van der Waals surface area contributed by atoms with Gasteiger partial charge in [0.25, 0.3) is 0 Å². The summed E-state index contributed by atoms with van der Waals surface area (Å²) in [7, 11) is 0. The summed E-state index contributed by atoms with van der Waals surface area (Å²) < 4.78 is 0. The molecule has 1 saturated heterocycles. The number of fused-ring (bicyclic) bond motifs is 1. The molecule has 3 heteroatoms. The minimum absolute atomic E-state index is 0.121. The van der Waals surface area contributed by atoms with E-state index in [1.165, 1.54) is 18.4 Å². The number of nitrogens with zero attached hydrogens (tertiary/aromatic N) is 1. The number of hydrogen-bond donors (Lipinski definition) is 1. The molecule has 3 nitrogen and oxygen atoms in total. The molecule has 1 fully saturated rings. The minimum Gasteiger partial charge on any atom is -0.329 e. The van der Waals surface area contributed by atoms with Crippen molar-refractivity contribution in [1.82, 2.24) is 10.2 Å². The van der Waals surface area contributed by atoms with Gasteiger partial charge in [0.15, 0.2) is 0 Å². The van der Waals surface area contributed by atoms with Crippen molar-refractivity contribution in [3.05, 3.63) is 11.3 Å². The van der Waals surface area contributed by atoms with Gasteiger partial charge in [-0.15, -0.1) is 0 Å². The highest BCUT2D eigenvalue weighted by atomic mass is 16.2. The van der Waals surface area contributed by atoms with E-state index in [1.807, 2.05) is 48.5 Å². The summed E-state index contributed by atoms with van der Waals surface area (Å²) in [6, 6.07) is 0.121. The third kappa shape index (κ3) is 6.56. The summed E-state index contributed by atoms with van der Waals surface area (Å²) in [5.74, 6) is 0.194. The van der Waals surface area contributed by atoms with Gasteiger partial charge < -0.3 is 5.32 Å². The van der Waals surface area contributed by atoms with Crippen LogP contribution in [0.3, 0.4) is 0 Å². The number of carbonyl (C=O) groups is 1. The van der Waals surface area contributed by atoms with Crippen LogP contribution < -0.4 is 5.32 Å². The van der Waals surface area contributed by atoms with Crippen molar-refractivity contribution in [1.29, 1.82) is 0 Å². The van der Waals surface area contributed by atoms with Gasteiger partial charge in [-0.2, -0.15) is 0 Å². The SMILES string of the molecule is CC.CC.CC.CC1=C(C)NC(=O)C2CCCCN2C1. The van der Waals surface area contributed by atoms with Crippen molar-refractivity contribution in [3.8, 4) is 0 Å². The Morgan fingerprint density at radius 2 is 1.55 bits per heavy atom. The molecular weight excluding hydrogens is 248 g/mol. The summed E-state index contributed by atoms with van der Waals surface area (Å²) in [5, 5.41) is 2.99. The zero-order chi connectivity index (χ0) is 16.1. The summed E-state index contributed by atoms with van der Waals surface area (Å²) >= 11 is 0. The number of allylic oxidation sites excluding steroid dienone is 1. The molecule has 2 aliphatic rings. The van der Waals surface area contributed by atoms with Gasteiger partial charge in [-0.25, -0.2) is 0 Å². The van der Waals surface area contributed by atoms with Crippen LogP contribution in [-0.2, 0) is 4.79 Å². The van der Waals surface area contributed by atoms with Crippen LogP contribution >= 0.6 is 0 Å². The van der Waals surface area contributed by atoms with E-state index >= 15 is 0 Å². The smallest absolute Gasteiger partial charge is 0.241 e. The van der Waals surface area contributed by atoms with E-state index in [9.17, 15) is 4.79 Å². The van der Waals surface area contributed by atoms with Crippen molar-refractivity contribution in [3.63, 3.8) is 0 Å². The Morgan fingerprint density at radius 1 is 1.00 bits per heavy atom. The molecule has 2 aliphatic heterocycles. The third-order valence-electron chi connectivity index (χ3n) is 3.31. The fraction of sp³-hybridized carbons (Fsp3) is 0.824. The molecular formula is C17H36N2O. The van der Waals surface area contributed by atoms with Crippen LogP contribution in [0.15, 0.2) is 11.3 Å². The normalized spacial score (nSPS) is 21.6. The van der Waals surface area contributed by atoms with Crippen molar-refractivity contribution < 1.29 is 4.79 Å². The first-order valence-electron chi connectivity index (χ1n) is 8.40. The first-order valence-corrected chi connectivity index (χ1v) is 8.40. The van der Waals surface area contributed by atoms with E-state index in [0.717, 1.165) is 25.2 Å². The zero-order valence-corrected chi connectivity index (χ0v) is 15.0. The molecule has 0 aromatic carbocycles. The van der Waals surface area contributed by atoms with E-state index in [0.29, 0.717) is 0 Å². The molecule has 0 radical (unpaired) electrons. The van der Waals surface area contributed by atoms with E-state index in [1.54, 1.807) is 0 Å². The van der Waals surface area contributed by atoms with Gasteiger partial charge in [0.2, 0.25) is 5.91 Å². The Kier molecular flexibility index (Phi) is 14.1. The largest absolute Gasteiger partial charge is 0.329 e. The predicted molar refractivity (Wildman–Crippen MR) is 89.8 cm³/mol. The molecule has 20 heavy (non-hydrogen) atoms. The van der Waals surface area contributed by atoms with Crippen LogP contribution in [0.25, 0.3) is 0 Å². The highest BCUT2D eigenvalue weighted by Crippen LogP contribution is 2.21. The molecule has 2 rings (SSSR count). The van der Waals surface area contributed by atoms with Crippen LogP contribution in [0.4, 0.5) is 0 Å². The predicted octanol–water partition coefficient (Wildman–Crippen LogP) is 4.34.